The zero-order valence-corrected chi connectivity index (χ0v) is 20.3. The summed E-state index contributed by atoms with van der Waals surface area (Å²) in [4.78, 5) is 12.0. The summed E-state index contributed by atoms with van der Waals surface area (Å²) in [7, 11) is 0. The molecule has 7 aliphatic rings. The second kappa shape index (κ2) is 5.90. The van der Waals surface area contributed by atoms with Crippen LogP contribution in [0, 0.1) is 45.3 Å². The lowest BCUT2D eigenvalue weighted by Gasteiger charge is -2.74. The van der Waals surface area contributed by atoms with Crippen molar-refractivity contribution in [2.24, 2.45) is 45.3 Å². The fourth-order valence-corrected chi connectivity index (χ4v) is 10.8. The molecule has 0 aromatic rings. The Bertz CT molecular complexity index is 810. The fraction of sp³-hybridized carbons (Fsp3) is 0.963. The first-order valence-corrected chi connectivity index (χ1v) is 13.0. The van der Waals surface area contributed by atoms with E-state index in [4.69, 9.17) is 9.47 Å². The van der Waals surface area contributed by atoms with E-state index in [9.17, 15) is 9.90 Å². The summed E-state index contributed by atoms with van der Waals surface area (Å²) in [6.07, 6.45) is 10.9. The van der Waals surface area contributed by atoms with Crippen LogP contribution >= 0.6 is 0 Å². The van der Waals surface area contributed by atoms with Crippen molar-refractivity contribution in [3.63, 3.8) is 0 Å². The van der Waals surface area contributed by atoms with Crippen LogP contribution in [0.25, 0.3) is 0 Å². The number of ether oxygens (including phenoxy) is 2. The van der Waals surface area contributed by atoms with Gasteiger partial charge in [0.1, 0.15) is 5.60 Å². The maximum Gasteiger partial charge on any atom is 0.306 e. The van der Waals surface area contributed by atoms with Gasteiger partial charge >= 0.3 is 5.97 Å². The SMILES string of the molecule is CC1(C)[C@@H]2CC[C@]3(C)[C@H](CC[C@@H]4[C@@H]([C@]5(C)CCC(=O)O5)CC[C@]43C)[C@@]23CC[C@]1(O)OC3. The highest BCUT2D eigenvalue weighted by molar-refractivity contribution is 5.72. The molecule has 174 valence electrons. The third-order valence-electron chi connectivity index (χ3n) is 12.8. The highest BCUT2D eigenvalue weighted by Crippen LogP contribution is 2.78. The number of hydrogen-bond donors (Lipinski definition) is 1. The third kappa shape index (κ3) is 2.23. The summed E-state index contributed by atoms with van der Waals surface area (Å²) < 4.78 is 12.3. The summed E-state index contributed by atoms with van der Waals surface area (Å²) in [5, 5.41) is 11.3. The molecule has 1 spiro atoms. The van der Waals surface area contributed by atoms with Gasteiger partial charge in [0.2, 0.25) is 0 Å². The minimum absolute atomic E-state index is 0.00618. The van der Waals surface area contributed by atoms with Crippen LogP contribution in [0.5, 0.6) is 0 Å². The molecule has 0 aromatic heterocycles. The van der Waals surface area contributed by atoms with E-state index in [0.717, 1.165) is 25.9 Å². The second-order valence-electron chi connectivity index (χ2n) is 13.6. The topological polar surface area (TPSA) is 55.8 Å². The lowest BCUT2D eigenvalue weighted by atomic mass is 9.34. The zero-order chi connectivity index (χ0) is 22.1. The van der Waals surface area contributed by atoms with Gasteiger partial charge in [-0.05, 0) is 86.9 Å². The molecular weight excluding hydrogens is 388 g/mol. The molecule has 0 radical (unpaired) electrons. The zero-order valence-electron chi connectivity index (χ0n) is 20.3. The third-order valence-corrected chi connectivity index (χ3v) is 12.8. The molecule has 2 bridgehead atoms. The largest absolute Gasteiger partial charge is 0.459 e. The molecule has 3 aliphatic heterocycles. The average Bonchev–Trinajstić information content (AvgIpc) is 3.24. The van der Waals surface area contributed by atoms with E-state index in [1.54, 1.807) is 0 Å². The monoisotopic (exact) mass is 430 g/mol. The van der Waals surface area contributed by atoms with Gasteiger partial charge in [0, 0.05) is 29.6 Å². The molecule has 7 fully saturated rings. The first kappa shape index (κ1) is 21.0. The molecule has 3 saturated heterocycles. The van der Waals surface area contributed by atoms with Gasteiger partial charge in [-0.2, -0.15) is 0 Å². The summed E-state index contributed by atoms with van der Waals surface area (Å²) in [5.41, 5.74) is 0.387. The maximum absolute atomic E-state index is 12.0. The Labute approximate surface area is 187 Å². The number of rotatable bonds is 1. The Morgan fingerprint density at radius 2 is 1.55 bits per heavy atom. The number of fused-ring (bicyclic) bond motifs is 5. The molecule has 4 nitrogen and oxygen atoms in total. The van der Waals surface area contributed by atoms with Gasteiger partial charge in [-0.15, -0.1) is 0 Å². The number of cyclic esters (lactones) is 1. The number of aliphatic hydroxyl groups is 1. The second-order valence-corrected chi connectivity index (χ2v) is 13.6. The van der Waals surface area contributed by atoms with E-state index in [2.05, 4.69) is 34.6 Å². The van der Waals surface area contributed by atoms with Gasteiger partial charge < -0.3 is 14.6 Å². The minimum atomic E-state index is -0.937. The number of carbonyl (C=O) groups excluding carboxylic acids is 1. The Morgan fingerprint density at radius 1 is 0.806 bits per heavy atom. The van der Waals surface area contributed by atoms with Gasteiger partial charge in [-0.3, -0.25) is 4.79 Å². The van der Waals surface area contributed by atoms with Crippen molar-refractivity contribution in [1.82, 2.24) is 0 Å². The van der Waals surface area contributed by atoms with E-state index < -0.39 is 5.79 Å². The summed E-state index contributed by atoms with van der Waals surface area (Å²) in [5.74, 6) is 1.45. The number of esters is 1. The van der Waals surface area contributed by atoms with Crippen molar-refractivity contribution in [2.45, 2.75) is 110 Å². The average molecular weight is 431 g/mol. The van der Waals surface area contributed by atoms with Crippen LogP contribution in [0.2, 0.25) is 0 Å². The van der Waals surface area contributed by atoms with Crippen molar-refractivity contribution in [1.29, 1.82) is 0 Å². The summed E-state index contributed by atoms with van der Waals surface area (Å²) >= 11 is 0. The van der Waals surface area contributed by atoms with Gasteiger partial charge in [-0.25, -0.2) is 0 Å². The molecule has 0 aromatic carbocycles. The Morgan fingerprint density at radius 3 is 2.19 bits per heavy atom. The first-order valence-electron chi connectivity index (χ1n) is 13.0. The molecule has 3 heterocycles. The predicted molar refractivity (Wildman–Crippen MR) is 118 cm³/mol. The molecule has 9 atom stereocenters. The smallest absolute Gasteiger partial charge is 0.306 e. The van der Waals surface area contributed by atoms with E-state index in [1.165, 1.54) is 38.5 Å². The van der Waals surface area contributed by atoms with Crippen molar-refractivity contribution in [3.8, 4) is 0 Å². The van der Waals surface area contributed by atoms with Crippen LogP contribution in [-0.4, -0.2) is 29.1 Å². The predicted octanol–water partition coefficient (Wildman–Crippen LogP) is 5.47. The number of carbonyl (C=O) groups is 1. The van der Waals surface area contributed by atoms with Crippen LogP contribution in [0.3, 0.4) is 0 Å². The Balaban J connectivity index is 1.37. The van der Waals surface area contributed by atoms with Gasteiger partial charge in [0.15, 0.2) is 5.79 Å². The summed E-state index contributed by atoms with van der Waals surface area (Å²) in [6, 6.07) is 0. The maximum atomic E-state index is 12.0. The van der Waals surface area contributed by atoms with Gasteiger partial charge in [0.25, 0.3) is 0 Å². The molecule has 0 unspecified atom stereocenters. The van der Waals surface area contributed by atoms with Crippen LogP contribution in [0.15, 0.2) is 0 Å². The van der Waals surface area contributed by atoms with E-state index in [0.29, 0.717) is 40.9 Å². The molecular formula is C27H42O4. The first-order chi connectivity index (χ1) is 14.4. The highest BCUT2D eigenvalue weighted by Gasteiger charge is 2.74. The van der Waals surface area contributed by atoms with E-state index in [-0.39, 0.29) is 22.4 Å². The molecule has 0 amide bonds. The van der Waals surface area contributed by atoms with Crippen molar-refractivity contribution in [3.05, 3.63) is 0 Å². The highest BCUT2D eigenvalue weighted by atomic mass is 16.6. The lowest BCUT2D eigenvalue weighted by molar-refractivity contribution is -0.399. The number of hydrogen-bond acceptors (Lipinski definition) is 4. The molecule has 4 aliphatic carbocycles. The van der Waals surface area contributed by atoms with Gasteiger partial charge in [0.05, 0.1) is 6.61 Å². The molecule has 1 N–H and O–H groups in total. The van der Waals surface area contributed by atoms with Crippen molar-refractivity contribution in [2.75, 3.05) is 6.61 Å². The fourth-order valence-electron chi connectivity index (χ4n) is 10.8. The Kier molecular flexibility index (Phi) is 3.99. The van der Waals surface area contributed by atoms with Crippen molar-refractivity contribution >= 4 is 5.97 Å². The lowest BCUT2D eigenvalue weighted by Crippen LogP contribution is -2.73. The minimum Gasteiger partial charge on any atom is -0.459 e. The molecule has 7 rings (SSSR count). The normalized spacial score (nSPS) is 59.6. The molecule has 4 heteroatoms. The van der Waals surface area contributed by atoms with E-state index in [1.807, 2.05) is 0 Å². The van der Waals surface area contributed by atoms with E-state index >= 15 is 0 Å². The standard InChI is InChI=1S/C27H42O4/c1-22(2)19-9-12-24(4)20(26(19)14-15-27(22,29)30-16-26)7-6-17-18(8-11-23(17,24)3)25(5)13-10-21(28)31-25/h17-20,29H,6-16H2,1-5H3/t17-,18+,19+,20+,23-,24-,25+,26-,27+/m1/s1. The van der Waals surface area contributed by atoms with Crippen LogP contribution in [0.4, 0.5) is 0 Å². The Hall–Kier alpha value is -0.610. The van der Waals surface area contributed by atoms with Crippen LogP contribution in [-0.2, 0) is 14.3 Å². The summed E-state index contributed by atoms with van der Waals surface area (Å²) in [6.45, 7) is 12.7. The molecule has 4 saturated carbocycles. The van der Waals surface area contributed by atoms with Crippen molar-refractivity contribution < 1.29 is 19.4 Å². The van der Waals surface area contributed by atoms with Crippen LogP contribution < -0.4 is 0 Å². The molecule has 31 heavy (non-hydrogen) atoms. The van der Waals surface area contributed by atoms with Crippen LogP contribution in [0.1, 0.15) is 98.8 Å². The van der Waals surface area contributed by atoms with Gasteiger partial charge in [-0.1, -0.05) is 27.7 Å². The quantitative estimate of drug-likeness (QED) is 0.561.